The Balaban J connectivity index is 2.28. The molecule has 15 heavy (non-hydrogen) atoms. The summed E-state index contributed by atoms with van der Waals surface area (Å²) >= 11 is 1.58. The van der Waals surface area contributed by atoms with Crippen molar-refractivity contribution in [2.24, 2.45) is 0 Å². The molecule has 0 spiro atoms. The van der Waals surface area contributed by atoms with E-state index in [4.69, 9.17) is 5.73 Å². The minimum atomic E-state index is 0.648. The molecule has 6 heteroatoms. The van der Waals surface area contributed by atoms with Crippen LogP contribution in [0.15, 0.2) is 0 Å². The monoisotopic (exact) mass is 223 g/mol. The van der Waals surface area contributed by atoms with E-state index in [-0.39, 0.29) is 0 Å². The molecule has 2 rings (SSSR count). The third kappa shape index (κ3) is 1.85. The van der Waals surface area contributed by atoms with Gasteiger partial charge in [0.15, 0.2) is 0 Å². The highest BCUT2D eigenvalue weighted by Crippen LogP contribution is 2.17. The molecule has 0 radical (unpaired) electrons. The molecular formula is C9H13N5S. The number of rotatable bonds is 2. The van der Waals surface area contributed by atoms with Crippen molar-refractivity contribution < 1.29 is 0 Å². The predicted molar refractivity (Wildman–Crippen MR) is 59.9 cm³/mol. The van der Waals surface area contributed by atoms with Crippen molar-refractivity contribution in [1.29, 1.82) is 0 Å². The third-order valence-corrected chi connectivity index (χ3v) is 3.11. The summed E-state index contributed by atoms with van der Waals surface area (Å²) in [7, 11) is 0. The van der Waals surface area contributed by atoms with Crippen LogP contribution in [-0.2, 0) is 6.54 Å². The van der Waals surface area contributed by atoms with E-state index in [1.54, 1.807) is 11.3 Å². The zero-order chi connectivity index (χ0) is 11.0. The van der Waals surface area contributed by atoms with Crippen molar-refractivity contribution in [1.82, 2.24) is 20.0 Å². The molecule has 0 amide bonds. The number of nitrogens with zero attached hydrogens (tertiary/aromatic N) is 4. The fourth-order valence-electron chi connectivity index (χ4n) is 1.39. The highest BCUT2D eigenvalue weighted by Gasteiger charge is 2.10. The first-order valence-electron chi connectivity index (χ1n) is 4.66. The first-order chi connectivity index (χ1) is 7.08. The van der Waals surface area contributed by atoms with Gasteiger partial charge in [0.1, 0.15) is 10.0 Å². The zero-order valence-corrected chi connectivity index (χ0v) is 9.80. The summed E-state index contributed by atoms with van der Waals surface area (Å²) in [6.07, 6.45) is 0. The molecule has 80 valence electrons. The lowest BCUT2D eigenvalue weighted by Crippen LogP contribution is -2.04. The second-order valence-corrected chi connectivity index (χ2v) is 4.72. The van der Waals surface area contributed by atoms with E-state index in [1.807, 2.05) is 25.5 Å². The van der Waals surface area contributed by atoms with Crippen LogP contribution in [-0.4, -0.2) is 20.0 Å². The Morgan fingerprint density at radius 3 is 2.47 bits per heavy atom. The van der Waals surface area contributed by atoms with Crippen molar-refractivity contribution in [3.8, 4) is 0 Å². The van der Waals surface area contributed by atoms with Gasteiger partial charge in [0, 0.05) is 0 Å². The van der Waals surface area contributed by atoms with Gasteiger partial charge in [0.25, 0.3) is 0 Å². The van der Waals surface area contributed by atoms with Crippen LogP contribution in [0, 0.1) is 20.8 Å². The second-order valence-electron chi connectivity index (χ2n) is 3.46. The topological polar surface area (TPSA) is 69.6 Å². The second kappa shape index (κ2) is 3.62. The van der Waals surface area contributed by atoms with Gasteiger partial charge in [0.2, 0.25) is 0 Å². The molecule has 0 aliphatic heterocycles. The molecule has 0 aliphatic rings. The molecule has 0 fully saturated rings. The van der Waals surface area contributed by atoms with Gasteiger partial charge in [0.05, 0.1) is 23.6 Å². The van der Waals surface area contributed by atoms with E-state index in [1.165, 1.54) is 0 Å². The fourth-order valence-corrected chi connectivity index (χ4v) is 2.09. The molecule has 0 saturated heterocycles. The van der Waals surface area contributed by atoms with Crippen LogP contribution < -0.4 is 5.73 Å². The Bertz CT molecular complexity index is 485. The van der Waals surface area contributed by atoms with E-state index in [0.29, 0.717) is 6.54 Å². The number of nitrogen functional groups attached to an aromatic ring is 1. The molecule has 0 aromatic carbocycles. The van der Waals surface area contributed by atoms with Gasteiger partial charge >= 0.3 is 0 Å². The molecule has 2 heterocycles. The average molecular weight is 223 g/mol. The summed E-state index contributed by atoms with van der Waals surface area (Å²) in [5.74, 6) is 0. The van der Waals surface area contributed by atoms with Crippen LogP contribution in [0.3, 0.4) is 0 Å². The summed E-state index contributed by atoms with van der Waals surface area (Å²) in [6.45, 7) is 6.46. The minimum absolute atomic E-state index is 0.648. The van der Waals surface area contributed by atoms with Crippen molar-refractivity contribution >= 4 is 17.0 Å². The zero-order valence-electron chi connectivity index (χ0n) is 8.98. The maximum Gasteiger partial charge on any atom is 0.139 e. The van der Waals surface area contributed by atoms with E-state index in [9.17, 15) is 0 Å². The molecule has 0 unspecified atom stereocenters. The van der Waals surface area contributed by atoms with Gasteiger partial charge in [-0.1, -0.05) is 11.3 Å². The number of aryl methyl sites for hydroxylation is 2. The summed E-state index contributed by atoms with van der Waals surface area (Å²) < 4.78 is 1.87. The molecule has 2 N–H and O–H groups in total. The van der Waals surface area contributed by atoms with Gasteiger partial charge in [-0.15, -0.1) is 10.2 Å². The molecule has 0 aliphatic carbocycles. The standard InChI is InChI=1S/C9H13N5S/c1-5-9(10)6(2)14(13-5)4-8-12-11-7(3)15-8/h4,10H2,1-3H3. The molecular weight excluding hydrogens is 210 g/mol. The number of aromatic nitrogens is 4. The third-order valence-electron chi connectivity index (χ3n) is 2.29. The Morgan fingerprint density at radius 2 is 2.00 bits per heavy atom. The largest absolute Gasteiger partial charge is 0.396 e. The van der Waals surface area contributed by atoms with Crippen molar-refractivity contribution in [3.05, 3.63) is 21.4 Å². The summed E-state index contributed by atoms with van der Waals surface area (Å²) in [5, 5.41) is 14.3. The lowest BCUT2D eigenvalue weighted by Gasteiger charge is -1.99. The number of nitrogens with two attached hydrogens (primary N) is 1. The van der Waals surface area contributed by atoms with Crippen molar-refractivity contribution in [3.63, 3.8) is 0 Å². The Morgan fingerprint density at radius 1 is 1.27 bits per heavy atom. The SMILES string of the molecule is Cc1nnc(Cn2nc(C)c(N)c2C)s1. The van der Waals surface area contributed by atoms with Gasteiger partial charge in [-0.2, -0.15) is 5.10 Å². The van der Waals surface area contributed by atoms with Gasteiger partial charge in [-0.25, -0.2) is 0 Å². The molecule has 2 aromatic heterocycles. The predicted octanol–water partition coefficient (Wildman–Crippen LogP) is 1.29. The van der Waals surface area contributed by atoms with Crippen LogP contribution in [0.4, 0.5) is 5.69 Å². The molecule has 0 bridgehead atoms. The summed E-state index contributed by atoms with van der Waals surface area (Å²) in [6, 6.07) is 0. The van der Waals surface area contributed by atoms with E-state index >= 15 is 0 Å². The normalized spacial score (nSPS) is 10.9. The quantitative estimate of drug-likeness (QED) is 0.833. The van der Waals surface area contributed by atoms with Gasteiger partial charge in [-0.3, -0.25) is 4.68 Å². The number of hydrogen-bond donors (Lipinski definition) is 1. The Kier molecular flexibility index (Phi) is 2.44. The van der Waals surface area contributed by atoms with Gasteiger partial charge in [-0.05, 0) is 20.8 Å². The fraction of sp³-hybridized carbons (Fsp3) is 0.444. The van der Waals surface area contributed by atoms with E-state index < -0.39 is 0 Å². The maximum atomic E-state index is 5.85. The summed E-state index contributed by atoms with van der Waals surface area (Å²) in [4.78, 5) is 0. The van der Waals surface area contributed by atoms with Crippen molar-refractivity contribution in [2.75, 3.05) is 5.73 Å². The van der Waals surface area contributed by atoms with Crippen molar-refractivity contribution in [2.45, 2.75) is 27.3 Å². The van der Waals surface area contributed by atoms with Crippen LogP contribution >= 0.6 is 11.3 Å². The van der Waals surface area contributed by atoms with Crippen LogP contribution in [0.5, 0.6) is 0 Å². The van der Waals surface area contributed by atoms with E-state index in [0.717, 1.165) is 27.1 Å². The number of hydrogen-bond acceptors (Lipinski definition) is 5. The Hall–Kier alpha value is -1.43. The van der Waals surface area contributed by atoms with Crippen LogP contribution in [0.1, 0.15) is 21.4 Å². The average Bonchev–Trinajstić information content (AvgIpc) is 2.68. The Labute approximate surface area is 91.9 Å². The molecule has 5 nitrogen and oxygen atoms in total. The van der Waals surface area contributed by atoms with Crippen LogP contribution in [0.25, 0.3) is 0 Å². The van der Waals surface area contributed by atoms with Gasteiger partial charge < -0.3 is 5.73 Å². The highest BCUT2D eigenvalue weighted by atomic mass is 32.1. The first kappa shape index (κ1) is 10.1. The van der Waals surface area contributed by atoms with Crippen LogP contribution in [0.2, 0.25) is 0 Å². The minimum Gasteiger partial charge on any atom is -0.396 e. The highest BCUT2D eigenvalue weighted by molar-refractivity contribution is 7.11. The molecule has 2 aromatic rings. The summed E-state index contributed by atoms with van der Waals surface area (Å²) in [5.41, 5.74) is 8.46. The van der Waals surface area contributed by atoms with E-state index in [2.05, 4.69) is 15.3 Å². The maximum absolute atomic E-state index is 5.85. The molecule has 0 saturated carbocycles. The smallest absolute Gasteiger partial charge is 0.139 e. The lowest BCUT2D eigenvalue weighted by atomic mass is 10.3. The molecule has 0 atom stereocenters. The lowest BCUT2D eigenvalue weighted by molar-refractivity contribution is 0.651. The first-order valence-corrected chi connectivity index (χ1v) is 5.48. The number of anilines is 1.